The Labute approximate surface area is 114 Å². The summed E-state index contributed by atoms with van der Waals surface area (Å²) in [5, 5.41) is 9.21. The zero-order valence-corrected chi connectivity index (χ0v) is 11.7. The molecule has 98 valence electrons. The third-order valence-corrected chi connectivity index (χ3v) is 3.93. The van der Waals surface area contributed by atoms with Crippen molar-refractivity contribution in [2.75, 3.05) is 6.54 Å². The number of nitrogens with zero attached hydrogens (tertiary/aromatic N) is 1. The number of carboxylic acid groups (broad SMARTS) is 1. The summed E-state index contributed by atoms with van der Waals surface area (Å²) in [4.78, 5) is 13.1. The molecule has 3 nitrogen and oxygen atoms in total. The van der Waals surface area contributed by atoms with Crippen LogP contribution in [0.3, 0.4) is 0 Å². The second kappa shape index (κ2) is 5.36. The van der Waals surface area contributed by atoms with Crippen molar-refractivity contribution in [1.29, 1.82) is 0 Å². The molecular formula is C13H15BrFNO2. The second-order valence-electron chi connectivity index (χ2n) is 4.76. The van der Waals surface area contributed by atoms with E-state index >= 15 is 0 Å². The number of benzene rings is 1. The van der Waals surface area contributed by atoms with Gasteiger partial charge in [0.25, 0.3) is 0 Å². The van der Waals surface area contributed by atoms with Crippen LogP contribution < -0.4 is 0 Å². The Morgan fingerprint density at radius 1 is 1.61 bits per heavy atom. The molecule has 1 aliphatic heterocycles. The van der Waals surface area contributed by atoms with Crippen molar-refractivity contribution in [3.8, 4) is 0 Å². The van der Waals surface area contributed by atoms with E-state index in [1.165, 1.54) is 6.07 Å². The highest BCUT2D eigenvalue weighted by Crippen LogP contribution is 2.27. The minimum absolute atomic E-state index is 0.109. The first-order valence-corrected chi connectivity index (χ1v) is 6.69. The van der Waals surface area contributed by atoms with Crippen molar-refractivity contribution in [3.63, 3.8) is 0 Å². The summed E-state index contributed by atoms with van der Waals surface area (Å²) >= 11 is 3.30. The number of aliphatic carboxylic acids is 1. The average molecular weight is 316 g/mol. The molecule has 1 heterocycles. The van der Waals surface area contributed by atoms with Gasteiger partial charge < -0.3 is 5.11 Å². The molecule has 0 radical (unpaired) electrons. The number of likely N-dealkylation sites (tertiary alicyclic amines) is 1. The normalized spacial score (nSPS) is 24.4. The van der Waals surface area contributed by atoms with E-state index in [0.29, 0.717) is 18.7 Å². The van der Waals surface area contributed by atoms with Crippen LogP contribution in [0.15, 0.2) is 22.7 Å². The largest absolute Gasteiger partial charge is 0.480 e. The van der Waals surface area contributed by atoms with Gasteiger partial charge in [-0.2, -0.15) is 0 Å². The van der Waals surface area contributed by atoms with Crippen molar-refractivity contribution < 1.29 is 14.3 Å². The highest BCUT2D eigenvalue weighted by Gasteiger charge is 2.36. The zero-order valence-electron chi connectivity index (χ0n) is 10.1. The predicted octanol–water partition coefficient (Wildman–Crippen LogP) is 2.88. The van der Waals surface area contributed by atoms with E-state index in [4.69, 9.17) is 0 Å². The fourth-order valence-corrected chi connectivity index (χ4v) is 2.90. The molecule has 1 aromatic rings. The lowest BCUT2D eigenvalue weighted by Crippen LogP contribution is -2.38. The van der Waals surface area contributed by atoms with Crippen molar-refractivity contribution in [1.82, 2.24) is 4.90 Å². The SMILES string of the molecule is CC1CCN(Cc2cc(Br)ccc2F)C1C(=O)O. The number of carbonyl (C=O) groups is 1. The maximum Gasteiger partial charge on any atom is 0.321 e. The van der Waals surface area contributed by atoms with E-state index in [9.17, 15) is 14.3 Å². The minimum Gasteiger partial charge on any atom is -0.480 e. The van der Waals surface area contributed by atoms with Crippen LogP contribution in [0.1, 0.15) is 18.9 Å². The second-order valence-corrected chi connectivity index (χ2v) is 5.67. The van der Waals surface area contributed by atoms with Crippen LogP contribution in [0.4, 0.5) is 4.39 Å². The van der Waals surface area contributed by atoms with Crippen LogP contribution in [0.5, 0.6) is 0 Å². The van der Waals surface area contributed by atoms with Crippen LogP contribution in [0.25, 0.3) is 0 Å². The predicted molar refractivity (Wildman–Crippen MR) is 69.7 cm³/mol. The van der Waals surface area contributed by atoms with E-state index in [1.54, 1.807) is 12.1 Å². The van der Waals surface area contributed by atoms with Crippen molar-refractivity contribution in [2.24, 2.45) is 5.92 Å². The molecule has 0 saturated carbocycles. The molecule has 1 fully saturated rings. The van der Waals surface area contributed by atoms with Gasteiger partial charge in [0.2, 0.25) is 0 Å². The first-order chi connectivity index (χ1) is 8.49. The number of hydrogen-bond donors (Lipinski definition) is 1. The van der Waals surface area contributed by atoms with Crippen LogP contribution in [-0.2, 0) is 11.3 Å². The molecule has 0 amide bonds. The van der Waals surface area contributed by atoms with Crippen LogP contribution in [0.2, 0.25) is 0 Å². The van der Waals surface area contributed by atoms with Gasteiger partial charge >= 0.3 is 5.97 Å². The summed E-state index contributed by atoms with van der Waals surface area (Å²) in [5.41, 5.74) is 0.532. The molecule has 2 atom stereocenters. The monoisotopic (exact) mass is 315 g/mol. The summed E-state index contributed by atoms with van der Waals surface area (Å²) in [7, 11) is 0. The van der Waals surface area contributed by atoms with Gasteiger partial charge in [-0.15, -0.1) is 0 Å². The third kappa shape index (κ3) is 2.72. The van der Waals surface area contributed by atoms with E-state index < -0.39 is 12.0 Å². The van der Waals surface area contributed by atoms with Crippen LogP contribution in [0, 0.1) is 11.7 Å². The lowest BCUT2D eigenvalue weighted by molar-refractivity contribution is -0.143. The van der Waals surface area contributed by atoms with E-state index in [0.717, 1.165) is 10.9 Å². The maximum absolute atomic E-state index is 13.7. The molecule has 5 heteroatoms. The Morgan fingerprint density at radius 2 is 2.33 bits per heavy atom. The summed E-state index contributed by atoms with van der Waals surface area (Å²) in [6, 6.07) is 4.23. The molecule has 2 rings (SSSR count). The lowest BCUT2D eigenvalue weighted by Gasteiger charge is -2.23. The molecular weight excluding hydrogens is 301 g/mol. The maximum atomic E-state index is 13.7. The Balaban J connectivity index is 2.18. The van der Waals surface area contributed by atoms with Gasteiger partial charge in [0, 0.05) is 16.6 Å². The number of hydrogen-bond acceptors (Lipinski definition) is 2. The lowest BCUT2D eigenvalue weighted by atomic mass is 10.0. The molecule has 18 heavy (non-hydrogen) atoms. The molecule has 0 aliphatic carbocycles. The minimum atomic E-state index is -0.824. The molecule has 0 bridgehead atoms. The average Bonchev–Trinajstić information content (AvgIpc) is 2.65. The van der Waals surface area contributed by atoms with Gasteiger partial charge in [-0.05, 0) is 37.1 Å². The van der Waals surface area contributed by atoms with Crippen molar-refractivity contribution in [2.45, 2.75) is 25.9 Å². The first-order valence-electron chi connectivity index (χ1n) is 5.90. The summed E-state index contributed by atoms with van der Waals surface area (Å²) < 4.78 is 14.5. The Kier molecular flexibility index (Phi) is 4.02. The highest BCUT2D eigenvalue weighted by molar-refractivity contribution is 9.10. The molecule has 1 aliphatic rings. The van der Waals surface area contributed by atoms with Crippen molar-refractivity contribution >= 4 is 21.9 Å². The highest BCUT2D eigenvalue weighted by atomic mass is 79.9. The number of rotatable bonds is 3. The van der Waals surface area contributed by atoms with Crippen LogP contribution >= 0.6 is 15.9 Å². The first kappa shape index (κ1) is 13.5. The fraction of sp³-hybridized carbons (Fsp3) is 0.462. The molecule has 1 N–H and O–H groups in total. The van der Waals surface area contributed by atoms with Crippen molar-refractivity contribution in [3.05, 3.63) is 34.1 Å². The summed E-state index contributed by atoms with van der Waals surface area (Å²) in [6.07, 6.45) is 0.840. The van der Waals surface area contributed by atoms with Gasteiger partial charge in [-0.1, -0.05) is 22.9 Å². The zero-order chi connectivity index (χ0) is 13.3. The third-order valence-electron chi connectivity index (χ3n) is 3.44. The Hall–Kier alpha value is -0.940. The van der Waals surface area contributed by atoms with E-state index in [1.807, 2.05) is 11.8 Å². The van der Waals surface area contributed by atoms with Gasteiger partial charge in [0.15, 0.2) is 0 Å². The Morgan fingerprint density at radius 3 is 3.00 bits per heavy atom. The molecule has 2 unspecified atom stereocenters. The van der Waals surface area contributed by atoms with E-state index in [-0.39, 0.29) is 11.7 Å². The summed E-state index contributed by atoms with van der Waals surface area (Å²) in [6.45, 7) is 2.97. The smallest absolute Gasteiger partial charge is 0.321 e. The summed E-state index contributed by atoms with van der Waals surface area (Å²) in [5.74, 6) is -1.00. The molecule has 0 spiro atoms. The molecule has 0 aromatic heterocycles. The molecule has 1 saturated heterocycles. The number of halogens is 2. The van der Waals surface area contributed by atoms with E-state index in [2.05, 4.69) is 15.9 Å². The number of carboxylic acids is 1. The van der Waals surface area contributed by atoms with Crippen LogP contribution in [-0.4, -0.2) is 28.6 Å². The quantitative estimate of drug-likeness (QED) is 0.932. The van der Waals surface area contributed by atoms with Gasteiger partial charge in [0.1, 0.15) is 11.9 Å². The standard InChI is InChI=1S/C13H15BrFNO2/c1-8-4-5-16(12(8)13(17)18)7-9-6-10(14)2-3-11(9)15/h2-3,6,8,12H,4-5,7H2,1H3,(H,17,18). The molecule has 1 aromatic carbocycles. The fourth-order valence-electron chi connectivity index (χ4n) is 2.49. The Bertz CT molecular complexity index is 466. The van der Waals surface area contributed by atoms with Gasteiger partial charge in [-0.25, -0.2) is 4.39 Å². The van der Waals surface area contributed by atoms with Gasteiger partial charge in [0.05, 0.1) is 0 Å². The van der Waals surface area contributed by atoms with Gasteiger partial charge in [-0.3, -0.25) is 9.69 Å². The topological polar surface area (TPSA) is 40.5 Å².